The summed E-state index contributed by atoms with van der Waals surface area (Å²) in [5.41, 5.74) is 0.768. The molecule has 2 rings (SSSR count). The van der Waals surface area contributed by atoms with Crippen molar-refractivity contribution in [2.45, 2.75) is 26.7 Å². The molecule has 1 aromatic carbocycles. The number of anilines is 3. The average molecular weight is 350 g/mol. The first kappa shape index (κ1) is 18.0. The maximum Gasteiger partial charge on any atom is 0.233 e. The summed E-state index contributed by atoms with van der Waals surface area (Å²) in [5.74, 6) is 1.49. The van der Waals surface area contributed by atoms with Crippen molar-refractivity contribution >= 4 is 27.3 Å². The Balaban J connectivity index is 2.05. The standard InChI is InChI=1S/C16H22N4O3S/c1-3-5-12-24(21,22)20-16-11-10-15(18-19-16)17-13-8-6-7-9-14(13)23-4-2/h6-11H,3-5,12H2,1-2H3,(H,17,18)(H,19,20). The molecule has 1 heterocycles. The lowest BCUT2D eigenvalue weighted by molar-refractivity contribution is 0.342. The zero-order valence-corrected chi connectivity index (χ0v) is 14.6. The van der Waals surface area contributed by atoms with Gasteiger partial charge >= 0.3 is 0 Å². The Hall–Kier alpha value is -2.35. The number of hydrogen-bond acceptors (Lipinski definition) is 6. The molecule has 2 aromatic rings. The van der Waals surface area contributed by atoms with Gasteiger partial charge in [-0.3, -0.25) is 4.72 Å². The minimum Gasteiger partial charge on any atom is -0.492 e. The molecule has 0 saturated carbocycles. The fourth-order valence-corrected chi connectivity index (χ4v) is 3.19. The monoisotopic (exact) mass is 350 g/mol. The van der Waals surface area contributed by atoms with E-state index in [1.54, 1.807) is 12.1 Å². The highest BCUT2D eigenvalue weighted by Gasteiger charge is 2.11. The van der Waals surface area contributed by atoms with Gasteiger partial charge in [0.05, 0.1) is 18.0 Å². The third-order valence-electron chi connectivity index (χ3n) is 3.14. The summed E-state index contributed by atoms with van der Waals surface area (Å²) in [6.07, 6.45) is 1.42. The molecular weight excluding hydrogens is 328 g/mol. The molecule has 0 spiro atoms. The molecule has 24 heavy (non-hydrogen) atoms. The van der Waals surface area contributed by atoms with Crippen LogP contribution >= 0.6 is 0 Å². The quantitative estimate of drug-likeness (QED) is 0.721. The van der Waals surface area contributed by atoms with E-state index < -0.39 is 10.0 Å². The SMILES string of the molecule is CCCCS(=O)(=O)Nc1ccc(Nc2ccccc2OCC)nn1. The van der Waals surface area contributed by atoms with Crippen LogP contribution in [0, 0.1) is 0 Å². The molecule has 0 unspecified atom stereocenters. The van der Waals surface area contributed by atoms with Crippen LogP contribution in [0.1, 0.15) is 26.7 Å². The van der Waals surface area contributed by atoms with E-state index in [4.69, 9.17) is 4.74 Å². The molecule has 0 aliphatic carbocycles. The van der Waals surface area contributed by atoms with Crippen LogP contribution < -0.4 is 14.8 Å². The molecule has 0 aliphatic heterocycles. The molecule has 1 aromatic heterocycles. The molecule has 2 N–H and O–H groups in total. The normalized spacial score (nSPS) is 11.1. The van der Waals surface area contributed by atoms with E-state index in [0.29, 0.717) is 24.6 Å². The zero-order chi connectivity index (χ0) is 17.4. The minimum absolute atomic E-state index is 0.0763. The molecule has 0 atom stereocenters. The third-order valence-corrected chi connectivity index (χ3v) is 4.49. The summed E-state index contributed by atoms with van der Waals surface area (Å²) < 4.78 is 31.6. The van der Waals surface area contributed by atoms with E-state index in [-0.39, 0.29) is 11.6 Å². The highest BCUT2D eigenvalue weighted by atomic mass is 32.2. The number of rotatable bonds is 9. The van der Waals surface area contributed by atoms with Gasteiger partial charge in [-0.15, -0.1) is 10.2 Å². The fourth-order valence-electron chi connectivity index (χ4n) is 1.99. The molecule has 0 aliphatic rings. The van der Waals surface area contributed by atoms with Crippen molar-refractivity contribution in [2.75, 3.05) is 22.4 Å². The van der Waals surface area contributed by atoms with Crippen LogP contribution in [-0.2, 0) is 10.0 Å². The van der Waals surface area contributed by atoms with Gasteiger partial charge in [-0.05, 0) is 37.6 Å². The summed E-state index contributed by atoms with van der Waals surface area (Å²) in [6.45, 7) is 4.41. The van der Waals surface area contributed by atoms with E-state index in [9.17, 15) is 8.42 Å². The second-order valence-corrected chi connectivity index (χ2v) is 6.97. The van der Waals surface area contributed by atoms with Gasteiger partial charge < -0.3 is 10.1 Å². The van der Waals surface area contributed by atoms with Crippen molar-refractivity contribution in [3.8, 4) is 5.75 Å². The highest BCUT2D eigenvalue weighted by Crippen LogP contribution is 2.26. The Labute approximate surface area is 142 Å². The van der Waals surface area contributed by atoms with Crippen LogP contribution in [0.4, 0.5) is 17.3 Å². The maximum absolute atomic E-state index is 11.8. The van der Waals surface area contributed by atoms with Crippen LogP contribution in [0.15, 0.2) is 36.4 Å². The maximum atomic E-state index is 11.8. The topological polar surface area (TPSA) is 93.2 Å². The first-order valence-corrected chi connectivity index (χ1v) is 9.52. The van der Waals surface area contributed by atoms with Gasteiger partial charge in [-0.2, -0.15) is 0 Å². The Bertz CT molecular complexity index is 748. The number of aromatic nitrogens is 2. The predicted molar refractivity (Wildman–Crippen MR) is 95.2 cm³/mol. The molecule has 0 amide bonds. The van der Waals surface area contributed by atoms with E-state index in [1.807, 2.05) is 38.1 Å². The molecule has 0 bridgehead atoms. The second kappa shape index (κ2) is 8.49. The average Bonchev–Trinajstić information content (AvgIpc) is 2.57. The lowest BCUT2D eigenvalue weighted by Gasteiger charge is -2.11. The number of nitrogens with one attached hydrogen (secondary N) is 2. The fraction of sp³-hybridized carbons (Fsp3) is 0.375. The first-order chi connectivity index (χ1) is 11.5. The molecule has 0 radical (unpaired) electrons. The zero-order valence-electron chi connectivity index (χ0n) is 13.8. The lowest BCUT2D eigenvalue weighted by atomic mass is 10.3. The van der Waals surface area contributed by atoms with Crippen molar-refractivity contribution in [3.05, 3.63) is 36.4 Å². The summed E-state index contributed by atoms with van der Waals surface area (Å²) in [4.78, 5) is 0. The minimum atomic E-state index is -3.38. The van der Waals surface area contributed by atoms with Crippen LogP contribution in [0.25, 0.3) is 0 Å². The molecule has 130 valence electrons. The Morgan fingerprint density at radius 2 is 1.75 bits per heavy atom. The number of hydrogen-bond donors (Lipinski definition) is 2. The van der Waals surface area contributed by atoms with Gasteiger partial charge in [0.15, 0.2) is 11.6 Å². The van der Waals surface area contributed by atoms with Crippen LogP contribution in [0.5, 0.6) is 5.75 Å². The summed E-state index contributed by atoms with van der Waals surface area (Å²) in [5, 5.41) is 11.0. The van der Waals surface area contributed by atoms with E-state index in [2.05, 4.69) is 20.2 Å². The van der Waals surface area contributed by atoms with Gasteiger partial charge in [-0.25, -0.2) is 8.42 Å². The van der Waals surface area contributed by atoms with Gasteiger partial charge in [0.1, 0.15) is 5.75 Å². The van der Waals surface area contributed by atoms with Gasteiger partial charge in [0, 0.05) is 0 Å². The Kier molecular flexibility index (Phi) is 6.36. The van der Waals surface area contributed by atoms with E-state index in [0.717, 1.165) is 12.1 Å². The van der Waals surface area contributed by atoms with Gasteiger partial charge in [-0.1, -0.05) is 25.5 Å². The van der Waals surface area contributed by atoms with E-state index in [1.165, 1.54) is 0 Å². The molecule has 0 fully saturated rings. The number of para-hydroxylation sites is 2. The Morgan fingerprint density at radius 3 is 2.42 bits per heavy atom. The molecule has 7 nitrogen and oxygen atoms in total. The van der Waals surface area contributed by atoms with Crippen LogP contribution in [0.3, 0.4) is 0 Å². The van der Waals surface area contributed by atoms with Crippen LogP contribution in [-0.4, -0.2) is 31.0 Å². The Morgan fingerprint density at radius 1 is 1.04 bits per heavy atom. The number of ether oxygens (including phenoxy) is 1. The third kappa shape index (κ3) is 5.38. The van der Waals surface area contributed by atoms with Crippen molar-refractivity contribution < 1.29 is 13.2 Å². The lowest BCUT2D eigenvalue weighted by Crippen LogP contribution is -2.17. The number of benzene rings is 1. The summed E-state index contributed by atoms with van der Waals surface area (Å²) in [6, 6.07) is 10.7. The smallest absolute Gasteiger partial charge is 0.233 e. The van der Waals surface area contributed by atoms with Crippen LogP contribution in [0.2, 0.25) is 0 Å². The summed E-state index contributed by atoms with van der Waals surface area (Å²) >= 11 is 0. The largest absolute Gasteiger partial charge is 0.492 e. The van der Waals surface area contributed by atoms with Crippen molar-refractivity contribution in [2.24, 2.45) is 0 Å². The van der Waals surface area contributed by atoms with Gasteiger partial charge in [0.25, 0.3) is 0 Å². The number of nitrogens with zero attached hydrogens (tertiary/aromatic N) is 2. The second-order valence-electron chi connectivity index (χ2n) is 5.13. The first-order valence-electron chi connectivity index (χ1n) is 7.87. The molecule has 0 saturated heterocycles. The molecule has 8 heteroatoms. The molecular formula is C16H22N4O3S. The van der Waals surface area contributed by atoms with Crippen molar-refractivity contribution in [1.82, 2.24) is 10.2 Å². The number of unbranched alkanes of at least 4 members (excludes halogenated alkanes) is 1. The van der Waals surface area contributed by atoms with Crippen molar-refractivity contribution in [1.29, 1.82) is 0 Å². The number of sulfonamides is 1. The predicted octanol–water partition coefficient (Wildman–Crippen LogP) is 3.16. The summed E-state index contributed by atoms with van der Waals surface area (Å²) in [7, 11) is -3.38. The van der Waals surface area contributed by atoms with E-state index >= 15 is 0 Å². The van der Waals surface area contributed by atoms with Crippen molar-refractivity contribution in [3.63, 3.8) is 0 Å². The van der Waals surface area contributed by atoms with Gasteiger partial charge in [0.2, 0.25) is 10.0 Å². The highest BCUT2D eigenvalue weighted by molar-refractivity contribution is 7.92.